The van der Waals surface area contributed by atoms with Gasteiger partial charge in [-0.2, -0.15) is 0 Å². The number of halogens is 1. The molecule has 158 valence electrons. The van der Waals surface area contributed by atoms with E-state index in [1.54, 1.807) is 12.1 Å². The average Bonchev–Trinajstić information content (AvgIpc) is 2.74. The van der Waals surface area contributed by atoms with Crippen molar-refractivity contribution < 1.29 is 18.7 Å². The largest absolute Gasteiger partial charge is 0.366 e. The van der Waals surface area contributed by atoms with Crippen LogP contribution in [0.2, 0.25) is 0 Å². The molecule has 30 heavy (non-hydrogen) atoms. The molecule has 0 radical (unpaired) electrons. The topological polar surface area (TPSA) is 84.7 Å². The van der Waals surface area contributed by atoms with Crippen LogP contribution in [-0.2, 0) is 20.7 Å². The molecule has 6 nitrogen and oxygen atoms in total. The van der Waals surface area contributed by atoms with E-state index in [9.17, 15) is 14.0 Å². The summed E-state index contributed by atoms with van der Waals surface area (Å²) in [5.74, 6) is -0.616. The van der Waals surface area contributed by atoms with E-state index in [0.717, 1.165) is 17.5 Å². The van der Waals surface area contributed by atoms with Crippen LogP contribution in [0.3, 0.4) is 0 Å². The smallest absolute Gasteiger partial charge is 0.252 e. The first-order valence-electron chi connectivity index (χ1n) is 10.2. The zero-order valence-electron chi connectivity index (χ0n) is 16.9. The van der Waals surface area contributed by atoms with Crippen molar-refractivity contribution in [1.29, 1.82) is 0 Å². The maximum absolute atomic E-state index is 13.5. The number of carbonyl (C=O) groups is 2. The minimum absolute atomic E-state index is 0.129. The van der Waals surface area contributed by atoms with E-state index in [1.165, 1.54) is 24.6 Å². The summed E-state index contributed by atoms with van der Waals surface area (Å²) in [4.78, 5) is 26.6. The van der Waals surface area contributed by atoms with Gasteiger partial charge in [-0.1, -0.05) is 36.4 Å². The van der Waals surface area contributed by atoms with Crippen molar-refractivity contribution in [2.75, 3.05) is 13.2 Å². The number of rotatable bonds is 3. The molecule has 0 spiro atoms. The lowest BCUT2D eigenvalue weighted by molar-refractivity contribution is -0.150. The minimum atomic E-state index is -0.668. The molecule has 2 aliphatic heterocycles. The van der Waals surface area contributed by atoms with Crippen LogP contribution in [0.1, 0.15) is 36.1 Å². The summed E-state index contributed by atoms with van der Waals surface area (Å²) in [7, 11) is 0. The standard InChI is InChI=1S/C23H26FN3O3/c1-14(28)26-20-13-30-21(12-19(20)25)23(29)27-11-10-15-4-2-3-5-18(15)22(27)16-6-8-17(24)9-7-16/h2-9,19-22H,10-13,25H2,1H3,(H,26,28)/t19-,20+,21+,22-/m0/s1. The summed E-state index contributed by atoms with van der Waals surface area (Å²) in [5, 5.41) is 2.77. The third-order valence-corrected chi connectivity index (χ3v) is 5.90. The number of hydrogen-bond donors (Lipinski definition) is 2. The van der Waals surface area contributed by atoms with Gasteiger partial charge in [-0.3, -0.25) is 9.59 Å². The number of carbonyl (C=O) groups excluding carboxylic acids is 2. The maximum atomic E-state index is 13.5. The second kappa shape index (κ2) is 8.53. The number of benzene rings is 2. The van der Waals surface area contributed by atoms with Gasteiger partial charge in [0, 0.05) is 19.5 Å². The molecule has 0 saturated carbocycles. The Labute approximate surface area is 175 Å². The molecule has 4 atom stereocenters. The van der Waals surface area contributed by atoms with Crippen LogP contribution in [-0.4, -0.2) is 48.1 Å². The molecule has 0 bridgehead atoms. The van der Waals surface area contributed by atoms with Crippen molar-refractivity contribution >= 4 is 11.8 Å². The van der Waals surface area contributed by atoms with Crippen molar-refractivity contribution in [2.45, 2.75) is 44.0 Å². The van der Waals surface area contributed by atoms with E-state index in [-0.39, 0.29) is 42.4 Å². The molecule has 4 rings (SSSR count). The monoisotopic (exact) mass is 411 g/mol. The van der Waals surface area contributed by atoms with Gasteiger partial charge in [0.15, 0.2) is 0 Å². The SMILES string of the molecule is CC(=O)N[C@@H]1CO[C@@H](C(=O)N2CCc3ccccc3[C@@H]2c2ccc(F)cc2)C[C@@H]1N. The van der Waals surface area contributed by atoms with Crippen molar-refractivity contribution in [2.24, 2.45) is 5.73 Å². The quantitative estimate of drug-likeness (QED) is 0.808. The first-order chi connectivity index (χ1) is 14.4. The van der Waals surface area contributed by atoms with E-state index in [4.69, 9.17) is 10.5 Å². The highest BCUT2D eigenvalue weighted by atomic mass is 19.1. The molecule has 1 saturated heterocycles. The zero-order chi connectivity index (χ0) is 21.3. The summed E-state index contributed by atoms with van der Waals surface area (Å²) in [5.41, 5.74) is 9.30. The summed E-state index contributed by atoms with van der Waals surface area (Å²) >= 11 is 0. The highest BCUT2D eigenvalue weighted by molar-refractivity contribution is 5.82. The van der Waals surface area contributed by atoms with E-state index < -0.39 is 6.10 Å². The van der Waals surface area contributed by atoms with E-state index in [0.29, 0.717) is 13.0 Å². The van der Waals surface area contributed by atoms with Gasteiger partial charge in [0.1, 0.15) is 11.9 Å². The van der Waals surface area contributed by atoms with Gasteiger partial charge in [0.05, 0.1) is 18.7 Å². The normalized spacial score (nSPS) is 26.0. The second-order valence-corrected chi connectivity index (χ2v) is 7.96. The van der Waals surface area contributed by atoms with E-state index in [2.05, 4.69) is 11.4 Å². The first kappa shape index (κ1) is 20.5. The Morgan fingerprint density at radius 3 is 2.60 bits per heavy atom. The molecule has 2 aromatic rings. The van der Waals surface area contributed by atoms with Gasteiger partial charge >= 0.3 is 0 Å². The Morgan fingerprint density at radius 1 is 1.17 bits per heavy atom. The molecule has 2 aliphatic rings. The molecular weight excluding hydrogens is 385 g/mol. The summed E-state index contributed by atoms with van der Waals surface area (Å²) in [6, 6.07) is 13.3. The third kappa shape index (κ3) is 4.08. The average molecular weight is 411 g/mol. The number of nitrogens with two attached hydrogens (primary N) is 1. The second-order valence-electron chi connectivity index (χ2n) is 7.96. The highest BCUT2D eigenvalue weighted by Gasteiger charge is 2.39. The van der Waals surface area contributed by atoms with Crippen LogP contribution in [0.15, 0.2) is 48.5 Å². The minimum Gasteiger partial charge on any atom is -0.366 e. The lowest BCUT2D eigenvalue weighted by Crippen LogP contribution is -2.58. The summed E-state index contributed by atoms with van der Waals surface area (Å²) in [6.45, 7) is 2.17. The number of nitrogens with zero attached hydrogens (tertiary/aromatic N) is 1. The molecule has 3 N–H and O–H groups in total. The number of ether oxygens (including phenoxy) is 1. The van der Waals surface area contributed by atoms with Crippen LogP contribution in [0.4, 0.5) is 4.39 Å². The number of nitrogens with one attached hydrogen (secondary N) is 1. The Bertz CT molecular complexity index is 934. The fourth-order valence-electron chi connectivity index (χ4n) is 4.40. The fraction of sp³-hybridized carbons (Fsp3) is 0.391. The van der Waals surface area contributed by atoms with Crippen LogP contribution < -0.4 is 11.1 Å². The van der Waals surface area contributed by atoms with Gasteiger partial charge in [-0.15, -0.1) is 0 Å². The predicted octanol–water partition coefficient (Wildman–Crippen LogP) is 1.92. The Hall–Kier alpha value is -2.77. The van der Waals surface area contributed by atoms with Crippen molar-refractivity contribution in [3.63, 3.8) is 0 Å². The molecule has 2 heterocycles. The molecule has 0 unspecified atom stereocenters. The third-order valence-electron chi connectivity index (χ3n) is 5.90. The van der Waals surface area contributed by atoms with Crippen LogP contribution in [0.25, 0.3) is 0 Å². The van der Waals surface area contributed by atoms with Gasteiger partial charge in [-0.25, -0.2) is 4.39 Å². The molecule has 1 fully saturated rings. The van der Waals surface area contributed by atoms with Crippen molar-refractivity contribution in [3.8, 4) is 0 Å². The molecule has 0 aliphatic carbocycles. The molecule has 2 amide bonds. The van der Waals surface area contributed by atoms with Crippen molar-refractivity contribution in [1.82, 2.24) is 10.2 Å². The predicted molar refractivity (Wildman–Crippen MR) is 110 cm³/mol. The van der Waals surface area contributed by atoms with Gasteiger partial charge in [-0.05, 0) is 41.7 Å². The Morgan fingerprint density at radius 2 is 1.90 bits per heavy atom. The lowest BCUT2D eigenvalue weighted by Gasteiger charge is -2.41. The Balaban J connectivity index is 1.60. The number of hydrogen-bond acceptors (Lipinski definition) is 4. The van der Waals surface area contributed by atoms with Crippen LogP contribution in [0, 0.1) is 5.82 Å². The molecule has 0 aromatic heterocycles. The maximum Gasteiger partial charge on any atom is 0.252 e. The van der Waals surface area contributed by atoms with Crippen molar-refractivity contribution in [3.05, 3.63) is 71.0 Å². The van der Waals surface area contributed by atoms with E-state index >= 15 is 0 Å². The zero-order valence-corrected chi connectivity index (χ0v) is 16.9. The Kier molecular flexibility index (Phi) is 5.83. The van der Waals surface area contributed by atoms with Crippen LogP contribution >= 0.6 is 0 Å². The molecule has 2 aromatic carbocycles. The molecular formula is C23H26FN3O3. The summed E-state index contributed by atoms with van der Waals surface area (Å²) < 4.78 is 19.3. The lowest BCUT2D eigenvalue weighted by atomic mass is 9.87. The van der Waals surface area contributed by atoms with Gasteiger partial charge in [0.25, 0.3) is 5.91 Å². The van der Waals surface area contributed by atoms with E-state index in [1.807, 2.05) is 23.1 Å². The molecule has 7 heteroatoms. The van der Waals surface area contributed by atoms with Gasteiger partial charge < -0.3 is 20.7 Å². The summed E-state index contributed by atoms with van der Waals surface area (Å²) in [6.07, 6.45) is 0.406. The highest BCUT2D eigenvalue weighted by Crippen LogP contribution is 2.36. The van der Waals surface area contributed by atoms with Crippen LogP contribution in [0.5, 0.6) is 0 Å². The first-order valence-corrected chi connectivity index (χ1v) is 10.2. The number of fused-ring (bicyclic) bond motifs is 1. The van der Waals surface area contributed by atoms with Gasteiger partial charge in [0.2, 0.25) is 5.91 Å². The fourth-order valence-corrected chi connectivity index (χ4v) is 4.40. The number of amides is 2.